The molecule has 2 N–H and O–H groups in total. The van der Waals surface area contributed by atoms with Crippen molar-refractivity contribution in [3.05, 3.63) is 24.3 Å². The van der Waals surface area contributed by atoms with Crippen molar-refractivity contribution in [3.63, 3.8) is 0 Å². The number of para-hydroxylation sites is 2. The molecule has 1 aromatic carbocycles. The largest absolute Gasteiger partial charge is 0.495 e. The highest BCUT2D eigenvalue weighted by atomic mass is 32.2. The third-order valence-electron chi connectivity index (χ3n) is 2.41. The number of methoxy groups -OCH3 is 1. The van der Waals surface area contributed by atoms with Gasteiger partial charge in [0, 0.05) is 11.8 Å². The van der Waals surface area contributed by atoms with Gasteiger partial charge in [-0.25, -0.2) is 0 Å². The topological polar surface area (TPSA) is 50.4 Å². The summed E-state index contributed by atoms with van der Waals surface area (Å²) in [4.78, 5) is 11.8. The Morgan fingerprint density at radius 1 is 1.44 bits per heavy atom. The maximum atomic E-state index is 11.8. The molecule has 0 radical (unpaired) electrons. The highest BCUT2D eigenvalue weighted by Gasteiger charge is 2.08. The number of benzene rings is 1. The Labute approximate surface area is 112 Å². The lowest BCUT2D eigenvalue weighted by atomic mass is 10.3. The van der Waals surface area contributed by atoms with Gasteiger partial charge in [-0.05, 0) is 25.3 Å². The van der Waals surface area contributed by atoms with Crippen LogP contribution in [0.1, 0.15) is 6.92 Å². The number of amides is 1. The minimum atomic E-state index is -0.0625. The van der Waals surface area contributed by atoms with Crippen molar-refractivity contribution in [1.29, 1.82) is 0 Å². The molecule has 0 bridgehead atoms. The summed E-state index contributed by atoms with van der Waals surface area (Å²) in [6.07, 6.45) is 2.05. The Hall–Kier alpha value is -1.20. The number of rotatable bonds is 7. The first kappa shape index (κ1) is 14.9. The zero-order valence-electron chi connectivity index (χ0n) is 11.0. The molecule has 5 heteroatoms. The molecular formula is C13H20N2O2S. The predicted octanol–water partition coefficient (Wildman–Crippen LogP) is 1.97. The molecule has 1 unspecified atom stereocenters. The van der Waals surface area contributed by atoms with Gasteiger partial charge in [0.15, 0.2) is 0 Å². The van der Waals surface area contributed by atoms with Gasteiger partial charge in [0.2, 0.25) is 5.91 Å². The number of ether oxygens (including phenoxy) is 1. The Morgan fingerprint density at radius 2 is 2.17 bits per heavy atom. The maximum absolute atomic E-state index is 11.8. The molecule has 0 aliphatic rings. The summed E-state index contributed by atoms with van der Waals surface area (Å²) in [5, 5.41) is 5.99. The number of hydrogen-bond acceptors (Lipinski definition) is 4. The van der Waals surface area contributed by atoms with E-state index in [1.807, 2.05) is 30.5 Å². The second-order valence-corrected chi connectivity index (χ2v) is 4.90. The van der Waals surface area contributed by atoms with E-state index < -0.39 is 0 Å². The van der Waals surface area contributed by atoms with Crippen LogP contribution in [0.3, 0.4) is 0 Å². The van der Waals surface area contributed by atoms with Gasteiger partial charge in [-0.15, -0.1) is 0 Å². The van der Waals surface area contributed by atoms with Gasteiger partial charge in [0.05, 0.1) is 19.3 Å². The van der Waals surface area contributed by atoms with Crippen molar-refractivity contribution in [1.82, 2.24) is 5.32 Å². The fraction of sp³-hybridized carbons (Fsp3) is 0.462. The summed E-state index contributed by atoms with van der Waals surface area (Å²) in [6, 6.07) is 7.69. The van der Waals surface area contributed by atoms with Crippen LogP contribution in [-0.4, -0.2) is 37.6 Å². The lowest BCUT2D eigenvalue weighted by Crippen LogP contribution is -2.35. The highest BCUT2D eigenvalue weighted by Crippen LogP contribution is 2.22. The van der Waals surface area contributed by atoms with Gasteiger partial charge in [-0.1, -0.05) is 12.1 Å². The van der Waals surface area contributed by atoms with Gasteiger partial charge in [-0.3, -0.25) is 4.79 Å². The summed E-state index contributed by atoms with van der Waals surface area (Å²) >= 11 is 1.76. The van der Waals surface area contributed by atoms with Crippen molar-refractivity contribution in [2.75, 3.05) is 31.0 Å². The first-order valence-electron chi connectivity index (χ1n) is 5.82. The predicted molar refractivity (Wildman–Crippen MR) is 77.5 cm³/mol. The minimum Gasteiger partial charge on any atom is -0.495 e. The van der Waals surface area contributed by atoms with E-state index in [0.29, 0.717) is 24.0 Å². The lowest BCUT2D eigenvalue weighted by Gasteiger charge is -2.13. The minimum absolute atomic E-state index is 0.0625. The summed E-state index contributed by atoms with van der Waals surface area (Å²) < 4.78 is 5.17. The van der Waals surface area contributed by atoms with E-state index in [9.17, 15) is 4.79 Å². The fourth-order valence-corrected chi connectivity index (χ4v) is 2.14. The SMILES string of the molecule is COc1ccccc1NC(=O)CNC(C)CSC. The van der Waals surface area contributed by atoms with Crippen LogP contribution in [0, 0.1) is 0 Å². The Bertz CT molecular complexity index is 385. The maximum Gasteiger partial charge on any atom is 0.238 e. The van der Waals surface area contributed by atoms with Crippen molar-refractivity contribution in [2.45, 2.75) is 13.0 Å². The Balaban J connectivity index is 2.44. The molecule has 0 aliphatic heterocycles. The Kier molecular flexibility index (Phi) is 6.60. The Morgan fingerprint density at radius 3 is 2.83 bits per heavy atom. The molecule has 4 nitrogen and oxygen atoms in total. The molecule has 100 valence electrons. The molecule has 0 saturated carbocycles. The van der Waals surface area contributed by atoms with Gasteiger partial charge < -0.3 is 15.4 Å². The first-order chi connectivity index (χ1) is 8.67. The zero-order chi connectivity index (χ0) is 13.4. The van der Waals surface area contributed by atoms with Crippen LogP contribution in [0.15, 0.2) is 24.3 Å². The monoisotopic (exact) mass is 268 g/mol. The van der Waals surface area contributed by atoms with Crippen LogP contribution in [0.2, 0.25) is 0 Å². The van der Waals surface area contributed by atoms with Crippen LogP contribution < -0.4 is 15.4 Å². The van der Waals surface area contributed by atoms with E-state index in [1.165, 1.54) is 0 Å². The van der Waals surface area contributed by atoms with Crippen molar-refractivity contribution in [3.8, 4) is 5.75 Å². The summed E-state index contributed by atoms with van der Waals surface area (Å²) in [7, 11) is 1.59. The summed E-state index contributed by atoms with van der Waals surface area (Å²) in [5.41, 5.74) is 0.698. The molecule has 0 aliphatic carbocycles. The molecule has 0 saturated heterocycles. The average Bonchev–Trinajstić information content (AvgIpc) is 2.37. The number of thioether (sulfide) groups is 1. The molecule has 0 fully saturated rings. The van der Waals surface area contributed by atoms with Crippen molar-refractivity contribution in [2.24, 2.45) is 0 Å². The smallest absolute Gasteiger partial charge is 0.238 e. The first-order valence-corrected chi connectivity index (χ1v) is 7.22. The van der Waals surface area contributed by atoms with Crippen molar-refractivity contribution >= 4 is 23.4 Å². The molecule has 0 heterocycles. The molecule has 1 amide bonds. The number of nitrogens with one attached hydrogen (secondary N) is 2. The highest BCUT2D eigenvalue weighted by molar-refractivity contribution is 7.98. The van der Waals surface area contributed by atoms with E-state index >= 15 is 0 Å². The van der Waals surface area contributed by atoms with Crippen LogP contribution in [-0.2, 0) is 4.79 Å². The van der Waals surface area contributed by atoms with E-state index in [-0.39, 0.29) is 5.91 Å². The molecular weight excluding hydrogens is 248 g/mol. The molecule has 1 aromatic rings. The number of carbonyl (C=O) groups is 1. The molecule has 18 heavy (non-hydrogen) atoms. The van der Waals surface area contributed by atoms with Crippen LogP contribution in [0.4, 0.5) is 5.69 Å². The second-order valence-electron chi connectivity index (χ2n) is 3.99. The normalized spacial score (nSPS) is 11.9. The van der Waals surface area contributed by atoms with Gasteiger partial charge >= 0.3 is 0 Å². The van der Waals surface area contributed by atoms with Crippen LogP contribution in [0.5, 0.6) is 5.75 Å². The lowest BCUT2D eigenvalue weighted by molar-refractivity contribution is -0.115. The molecule has 1 rings (SSSR count). The van der Waals surface area contributed by atoms with E-state index in [0.717, 1.165) is 5.75 Å². The van der Waals surface area contributed by atoms with Gasteiger partial charge in [0.25, 0.3) is 0 Å². The summed E-state index contributed by atoms with van der Waals surface area (Å²) in [6.45, 7) is 2.37. The molecule has 1 atom stereocenters. The van der Waals surface area contributed by atoms with E-state index in [4.69, 9.17) is 4.74 Å². The standard InChI is InChI=1S/C13H20N2O2S/c1-10(9-18-3)14-8-13(16)15-11-6-4-5-7-12(11)17-2/h4-7,10,14H,8-9H2,1-3H3,(H,15,16). The van der Waals surface area contributed by atoms with Crippen molar-refractivity contribution < 1.29 is 9.53 Å². The van der Waals surface area contributed by atoms with Gasteiger partial charge in [-0.2, -0.15) is 11.8 Å². The van der Waals surface area contributed by atoms with E-state index in [1.54, 1.807) is 18.9 Å². The average molecular weight is 268 g/mol. The third kappa shape index (κ3) is 4.98. The van der Waals surface area contributed by atoms with Crippen LogP contribution >= 0.6 is 11.8 Å². The molecule has 0 spiro atoms. The van der Waals surface area contributed by atoms with E-state index in [2.05, 4.69) is 17.6 Å². The number of hydrogen-bond donors (Lipinski definition) is 2. The molecule has 0 aromatic heterocycles. The zero-order valence-corrected chi connectivity index (χ0v) is 11.8. The second kappa shape index (κ2) is 8.00. The fourth-order valence-electron chi connectivity index (χ4n) is 1.52. The summed E-state index contributed by atoms with van der Waals surface area (Å²) in [5.74, 6) is 1.59. The number of carbonyl (C=O) groups excluding carboxylic acids is 1. The van der Waals surface area contributed by atoms with Gasteiger partial charge in [0.1, 0.15) is 5.75 Å². The number of anilines is 1. The third-order valence-corrected chi connectivity index (χ3v) is 3.24. The van der Waals surface area contributed by atoms with Crippen LogP contribution in [0.25, 0.3) is 0 Å². The quantitative estimate of drug-likeness (QED) is 0.794.